The van der Waals surface area contributed by atoms with Crippen LogP contribution in [0.25, 0.3) is 0 Å². The minimum absolute atomic E-state index is 0.00636. The SMILES string of the molecule is COc1cnccc1[C@H](C)NC(=O)N[C@H](C)Cc1c(C)nn(C)c1C. The Morgan fingerprint density at radius 2 is 2.04 bits per heavy atom. The molecule has 0 saturated heterocycles. The van der Waals surface area contributed by atoms with Crippen molar-refractivity contribution in [1.82, 2.24) is 25.4 Å². The van der Waals surface area contributed by atoms with Crippen LogP contribution in [0.2, 0.25) is 0 Å². The van der Waals surface area contributed by atoms with Crippen molar-refractivity contribution in [1.29, 1.82) is 0 Å². The number of pyridine rings is 1. The summed E-state index contributed by atoms with van der Waals surface area (Å²) in [7, 11) is 3.52. The lowest BCUT2D eigenvalue weighted by Gasteiger charge is -2.20. The highest BCUT2D eigenvalue weighted by molar-refractivity contribution is 5.74. The van der Waals surface area contributed by atoms with Gasteiger partial charge in [0.2, 0.25) is 0 Å². The molecular weight excluding hydrogens is 318 g/mol. The number of carbonyl (C=O) groups is 1. The molecule has 2 aromatic heterocycles. The van der Waals surface area contributed by atoms with E-state index in [1.807, 2.05) is 45.5 Å². The predicted molar refractivity (Wildman–Crippen MR) is 96.7 cm³/mol. The second kappa shape index (κ2) is 8.00. The van der Waals surface area contributed by atoms with Gasteiger partial charge in [-0.15, -0.1) is 0 Å². The first-order valence-corrected chi connectivity index (χ1v) is 8.37. The van der Waals surface area contributed by atoms with Gasteiger partial charge >= 0.3 is 6.03 Å². The van der Waals surface area contributed by atoms with Gasteiger partial charge in [0.05, 0.1) is 25.0 Å². The number of aromatic nitrogens is 3. The summed E-state index contributed by atoms with van der Waals surface area (Å²) in [4.78, 5) is 16.3. The molecule has 2 rings (SSSR count). The Balaban J connectivity index is 1.95. The van der Waals surface area contributed by atoms with E-state index in [0.717, 1.165) is 23.4 Å². The fourth-order valence-corrected chi connectivity index (χ4v) is 2.93. The van der Waals surface area contributed by atoms with Gasteiger partial charge in [-0.3, -0.25) is 9.67 Å². The zero-order valence-corrected chi connectivity index (χ0v) is 15.8. The summed E-state index contributed by atoms with van der Waals surface area (Å²) < 4.78 is 7.16. The third-order valence-corrected chi connectivity index (χ3v) is 4.40. The molecule has 0 radical (unpaired) electrons. The molecule has 0 saturated carbocycles. The van der Waals surface area contributed by atoms with Crippen molar-refractivity contribution in [2.75, 3.05) is 7.11 Å². The fraction of sp³-hybridized carbons (Fsp3) is 0.500. The number of aryl methyl sites for hydroxylation is 2. The van der Waals surface area contributed by atoms with Crippen LogP contribution in [0.1, 0.15) is 42.4 Å². The number of rotatable bonds is 6. The number of hydrogen-bond donors (Lipinski definition) is 2. The molecule has 2 N–H and O–H groups in total. The van der Waals surface area contributed by atoms with Gasteiger partial charge in [-0.1, -0.05) is 0 Å². The van der Waals surface area contributed by atoms with Crippen molar-refractivity contribution in [3.8, 4) is 5.75 Å². The number of ether oxygens (including phenoxy) is 1. The molecule has 7 heteroatoms. The van der Waals surface area contributed by atoms with Gasteiger partial charge in [0.25, 0.3) is 0 Å². The third kappa shape index (κ3) is 4.49. The molecule has 0 aliphatic heterocycles. The summed E-state index contributed by atoms with van der Waals surface area (Å²) in [6, 6.07) is 1.44. The molecule has 136 valence electrons. The summed E-state index contributed by atoms with van der Waals surface area (Å²) >= 11 is 0. The minimum Gasteiger partial charge on any atom is -0.495 e. The van der Waals surface area contributed by atoms with Gasteiger partial charge in [0.1, 0.15) is 5.75 Å². The summed E-state index contributed by atoms with van der Waals surface area (Å²) in [5.41, 5.74) is 4.20. The number of urea groups is 1. The molecule has 0 aliphatic carbocycles. The second-order valence-electron chi connectivity index (χ2n) is 6.34. The third-order valence-electron chi connectivity index (χ3n) is 4.40. The van der Waals surface area contributed by atoms with Gasteiger partial charge in [0, 0.05) is 30.5 Å². The van der Waals surface area contributed by atoms with Crippen molar-refractivity contribution >= 4 is 6.03 Å². The largest absolute Gasteiger partial charge is 0.495 e. The maximum absolute atomic E-state index is 12.3. The number of hydrogen-bond acceptors (Lipinski definition) is 4. The Bertz CT molecular complexity index is 741. The Hall–Kier alpha value is -2.57. The van der Waals surface area contributed by atoms with Crippen LogP contribution in [-0.2, 0) is 13.5 Å². The molecule has 2 heterocycles. The number of nitrogens with one attached hydrogen (secondary N) is 2. The van der Waals surface area contributed by atoms with Crippen LogP contribution in [0.5, 0.6) is 5.75 Å². The van der Waals surface area contributed by atoms with E-state index in [9.17, 15) is 4.79 Å². The molecule has 2 aromatic rings. The summed E-state index contributed by atoms with van der Waals surface area (Å²) in [6.07, 6.45) is 4.07. The van der Waals surface area contributed by atoms with E-state index in [-0.39, 0.29) is 18.1 Å². The van der Waals surface area contributed by atoms with E-state index in [1.165, 1.54) is 5.56 Å². The van der Waals surface area contributed by atoms with E-state index >= 15 is 0 Å². The minimum atomic E-state index is -0.210. The number of carbonyl (C=O) groups excluding carboxylic acids is 1. The zero-order chi connectivity index (χ0) is 18.6. The highest BCUT2D eigenvalue weighted by Crippen LogP contribution is 2.23. The Morgan fingerprint density at radius 1 is 1.32 bits per heavy atom. The quantitative estimate of drug-likeness (QED) is 0.842. The first-order valence-electron chi connectivity index (χ1n) is 8.37. The maximum atomic E-state index is 12.3. The van der Waals surface area contributed by atoms with Crippen molar-refractivity contribution in [3.63, 3.8) is 0 Å². The van der Waals surface area contributed by atoms with Crippen molar-refractivity contribution in [2.24, 2.45) is 7.05 Å². The van der Waals surface area contributed by atoms with Gasteiger partial charge in [-0.25, -0.2) is 4.79 Å². The summed E-state index contributed by atoms with van der Waals surface area (Å²) in [5, 5.41) is 10.3. The lowest BCUT2D eigenvalue weighted by molar-refractivity contribution is 0.234. The van der Waals surface area contributed by atoms with Crippen LogP contribution in [0.15, 0.2) is 18.5 Å². The number of methoxy groups -OCH3 is 1. The molecule has 0 bridgehead atoms. The standard InChI is InChI=1S/C18H27N5O2/c1-11(9-16-13(3)22-23(5)14(16)4)20-18(24)21-12(2)15-7-8-19-10-17(15)25-6/h7-8,10-12H,9H2,1-6H3,(H2,20,21,24)/t11-,12+/m1/s1. The van der Waals surface area contributed by atoms with E-state index in [2.05, 4.69) is 20.7 Å². The van der Waals surface area contributed by atoms with E-state index < -0.39 is 0 Å². The van der Waals surface area contributed by atoms with Gasteiger partial charge in [-0.05, 0) is 45.7 Å². The molecule has 7 nitrogen and oxygen atoms in total. The van der Waals surface area contributed by atoms with Crippen LogP contribution in [0, 0.1) is 13.8 Å². The Labute approximate surface area is 148 Å². The van der Waals surface area contributed by atoms with Crippen LogP contribution in [0.3, 0.4) is 0 Å². The molecule has 2 atom stereocenters. The van der Waals surface area contributed by atoms with Crippen molar-refractivity contribution in [3.05, 3.63) is 41.0 Å². The number of nitrogens with zero attached hydrogens (tertiary/aromatic N) is 3. The topological polar surface area (TPSA) is 81.1 Å². The van der Waals surface area contributed by atoms with Crippen molar-refractivity contribution < 1.29 is 9.53 Å². The van der Waals surface area contributed by atoms with Crippen LogP contribution in [-0.4, -0.2) is 33.9 Å². The van der Waals surface area contributed by atoms with Crippen LogP contribution < -0.4 is 15.4 Å². The molecule has 2 amide bonds. The van der Waals surface area contributed by atoms with E-state index in [0.29, 0.717) is 5.75 Å². The monoisotopic (exact) mass is 345 g/mol. The van der Waals surface area contributed by atoms with Gasteiger partial charge < -0.3 is 15.4 Å². The molecule has 0 fully saturated rings. The maximum Gasteiger partial charge on any atom is 0.315 e. The summed E-state index contributed by atoms with van der Waals surface area (Å²) in [5.74, 6) is 0.657. The Morgan fingerprint density at radius 3 is 2.64 bits per heavy atom. The number of amides is 2. The lowest BCUT2D eigenvalue weighted by atomic mass is 10.1. The average Bonchev–Trinajstić information content (AvgIpc) is 2.80. The first kappa shape index (κ1) is 18.8. The van der Waals surface area contributed by atoms with E-state index in [1.54, 1.807) is 19.5 Å². The molecule has 0 spiro atoms. The molecule has 0 unspecified atom stereocenters. The molecule has 0 aromatic carbocycles. The molecule has 0 aliphatic rings. The molecule has 25 heavy (non-hydrogen) atoms. The second-order valence-corrected chi connectivity index (χ2v) is 6.34. The summed E-state index contributed by atoms with van der Waals surface area (Å²) in [6.45, 7) is 7.94. The average molecular weight is 345 g/mol. The van der Waals surface area contributed by atoms with E-state index in [4.69, 9.17) is 4.74 Å². The predicted octanol–water partition coefficient (Wildman–Crippen LogP) is 2.43. The molecular formula is C18H27N5O2. The lowest BCUT2D eigenvalue weighted by Crippen LogP contribution is -2.42. The van der Waals surface area contributed by atoms with Crippen LogP contribution in [0.4, 0.5) is 4.79 Å². The van der Waals surface area contributed by atoms with Crippen molar-refractivity contribution in [2.45, 2.75) is 46.2 Å². The van der Waals surface area contributed by atoms with Gasteiger partial charge in [0.15, 0.2) is 0 Å². The smallest absolute Gasteiger partial charge is 0.315 e. The van der Waals surface area contributed by atoms with Gasteiger partial charge in [-0.2, -0.15) is 5.10 Å². The zero-order valence-electron chi connectivity index (χ0n) is 15.8. The van der Waals surface area contributed by atoms with Crippen LogP contribution >= 0.6 is 0 Å². The normalized spacial score (nSPS) is 13.2. The fourth-order valence-electron chi connectivity index (χ4n) is 2.93. The Kier molecular flexibility index (Phi) is 6.01. The highest BCUT2D eigenvalue weighted by Gasteiger charge is 2.17. The highest BCUT2D eigenvalue weighted by atomic mass is 16.5. The first-order chi connectivity index (χ1) is 11.8.